The van der Waals surface area contributed by atoms with Gasteiger partial charge in [-0.15, -0.1) is 0 Å². The zero-order valence-corrected chi connectivity index (χ0v) is 21.9. The Bertz CT molecular complexity index is 1470. The Balaban J connectivity index is 1.25. The first kappa shape index (κ1) is 26.1. The van der Waals surface area contributed by atoms with Crippen LogP contribution in [0.5, 0.6) is 0 Å². The number of carbonyl (C=O) groups is 4. The van der Waals surface area contributed by atoms with Crippen LogP contribution in [0.2, 0.25) is 0 Å². The van der Waals surface area contributed by atoms with Gasteiger partial charge in [-0.25, -0.2) is 4.99 Å². The molecule has 3 heterocycles. The molecule has 2 aromatic rings. The lowest BCUT2D eigenvalue weighted by Gasteiger charge is -2.26. The third kappa shape index (κ3) is 5.14. The van der Waals surface area contributed by atoms with Crippen LogP contribution in [0.15, 0.2) is 70.8 Å². The highest BCUT2D eigenvalue weighted by Crippen LogP contribution is 2.30. The summed E-state index contributed by atoms with van der Waals surface area (Å²) >= 11 is 0. The number of likely N-dealkylation sites (tertiary alicyclic amines) is 1. The minimum absolute atomic E-state index is 0.00880. The van der Waals surface area contributed by atoms with Crippen molar-refractivity contribution in [3.05, 3.63) is 71.3 Å². The van der Waals surface area contributed by atoms with Crippen LogP contribution in [-0.4, -0.2) is 72.5 Å². The number of hydrogen-bond donors (Lipinski definition) is 1. The maximum Gasteiger partial charge on any atom is 0.292 e. The molecule has 1 aromatic carbocycles. The second-order valence-corrected chi connectivity index (χ2v) is 9.59. The molecule has 1 N–H and O–H groups in total. The summed E-state index contributed by atoms with van der Waals surface area (Å²) in [6.07, 6.45) is 8.98. The number of amides is 3. The maximum absolute atomic E-state index is 13.1. The molecular weight excluding hydrogens is 500 g/mol. The van der Waals surface area contributed by atoms with Crippen molar-refractivity contribution in [2.75, 3.05) is 33.9 Å². The van der Waals surface area contributed by atoms with E-state index in [4.69, 9.17) is 9.47 Å². The second-order valence-electron chi connectivity index (χ2n) is 9.59. The number of allylic oxidation sites excluding steroid dienone is 4. The van der Waals surface area contributed by atoms with Gasteiger partial charge in [0.05, 0.1) is 25.7 Å². The number of aliphatic imine (C=N–C) groups is 1. The van der Waals surface area contributed by atoms with E-state index >= 15 is 0 Å². The van der Waals surface area contributed by atoms with Crippen LogP contribution < -0.4 is 5.32 Å². The van der Waals surface area contributed by atoms with Gasteiger partial charge in [0, 0.05) is 42.3 Å². The number of benzene rings is 1. The van der Waals surface area contributed by atoms with Crippen LogP contribution in [0, 0.1) is 5.92 Å². The average Bonchev–Trinajstić information content (AvgIpc) is 3.61. The normalized spacial score (nSPS) is 18.6. The number of fused-ring (bicyclic) bond motifs is 2. The van der Waals surface area contributed by atoms with E-state index in [-0.39, 0.29) is 36.9 Å². The molecule has 1 fully saturated rings. The molecule has 0 spiro atoms. The molecule has 202 valence electrons. The zero-order valence-electron chi connectivity index (χ0n) is 21.9. The zero-order chi connectivity index (χ0) is 27.5. The van der Waals surface area contributed by atoms with E-state index in [0.717, 1.165) is 25.9 Å². The van der Waals surface area contributed by atoms with E-state index < -0.39 is 17.6 Å². The molecule has 0 saturated carbocycles. The Morgan fingerprint density at radius 1 is 1.08 bits per heavy atom. The highest BCUT2D eigenvalue weighted by molar-refractivity contribution is 6.45. The summed E-state index contributed by atoms with van der Waals surface area (Å²) in [5.41, 5.74) is 1.83. The minimum atomic E-state index is -0.781. The standard InChI is InChI=1S/C29H30N4O6/c1-38-23-9-10-24(39-2)26-20(23)15-18(28(36)31-26)11-12-30-29(37)27(35)21-16-33(22-8-4-3-7-19(21)22)17-25(34)32-13-5-6-14-32/h3-4,7-10,15-16,20H,5-6,11-14,17H2,1-2H3,(H,30,37). The molecule has 39 heavy (non-hydrogen) atoms. The van der Waals surface area contributed by atoms with E-state index in [2.05, 4.69) is 10.3 Å². The molecule has 10 nitrogen and oxygen atoms in total. The molecule has 10 heteroatoms. The lowest BCUT2D eigenvalue weighted by molar-refractivity contribution is -0.130. The number of para-hydroxylation sites is 1. The Labute approximate surface area is 225 Å². The number of hydrogen-bond acceptors (Lipinski definition) is 6. The van der Waals surface area contributed by atoms with Gasteiger partial charge in [-0.3, -0.25) is 19.2 Å². The van der Waals surface area contributed by atoms with Gasteiger partial charge in [0.15, 0.2) is 0 Å². The number of nitrogens with zero attached hydrogens (tertiary/aromatic N) is 3. The predicted molar refractivity (Wildman–Crippen MR) is 144 cm³/mol. The van der Waals surface area contributed by atoms with Gasteiger partial charge >= 0.3 is 0 Å². The Hall–Kier alpha value is -4.47. The van der Waals surface area contributed by atoms with Crippen LogP contribution >= 0.6 is 0 Å². The van der Waals surface area contributed by atoms with Crippen LogP contribution in [0.4, 0.5) is 0 Å². The van der Waals surface area contributed by atoms with Crippen molar-refractivity contribution >= 4 is 40.1 Å². The number of aromatic nitrogens is 1. The molecule has 1 unspecified atom stereocenters. The summed E-state index contributed by atoms with van der Waals surface area (Å²) in [7, 11) is 3.06. The summed E-state index contributed by atoms with van der Waals surface area (Å²) in [6.45, 7) is 1.66. The van der Waals surface area contributed by atoms with Gasteiger partial charge < -0.3 is 24.3 Å². The minimum Gasteiger partial charge on any atom is -0.500 e. The monoisotopic (exact) mass is 530 g/mol. The number of ether oxygens (including phenoxy) is 2. The van der Waals surface area contributed by atoms with Gasteiger partial charge in [-0.2, -0.15) is 0 Å². The maximum atomic E-state index is 13.1. The van der Waals surface area contributed by atoms with Gasteiger partial charge in [-0.05, 0) is 37.5 Å². The van der Waals surface area contributed by atoms with E-state index in [1.165, 1.54) is 7.11 Å². The number of rotatable bonds is 9. The fraction of sp³-hybridized carbons (Fsp3) is 0.345. The van der Waals surface area contributed by atoms with Gasteiger partial charge in [0.1, 0.15) is 23.8 Å². The van der Waals surface area contributed by atoms with Crippen LogP contribution in [0.3, 0.4) is 0 Å². The van der Waals surface area contributed by atoms with Gasteiger partial charge in [-0.1, -0.05) is 24.3 Å². The summed E-state index contributed by atoms with van der Waals surface area (Å²) < 4.78 is 12.5. The molecule has 2 aliphatic heterocycles. The molecule has 3 amide bonds. The highest BCUT2D eigenvalue weighted by Gasteiger charge is 2.32. The van der Waals surface area contributed by atoms with E-state index in [1.807, 2.05) is 17.0 Å². The number of ketones is 1. The average molecular weight is 531 g/mol. The topological polar surface area (TPSA) is 119 Å². The first-order chi connectivity index (χ1) is 18.9. The van der Waals surface area contributed by atoms with Crippen molar-refractivity contribution in [1.29, 1.82) is 0 Å². The van der Waals surface area contributed by atoms with Crippen molar-refractivity contribution in [3.8, 4) is 0 Å². The van der Waals surface area contributed by atoms with Crippen molar-refractivity contribution in [2.24, 2.45) is 10.9 Å². The predicted octanol–water partition coefficient (Wildman–Crippen LogP) is 2.55. The SMILES string of the molecule is COC1=CC=C(OC)C2C=C(CCNC(=O)C(=O)c3cn(CC(=O)N4CCCC4)c4ccccc34)C(=O)N=C12. The number of Topliss-reactive ketones (excluding diaryl/α,β-unsaturated/α-hetero) is 1. The van der Waals surface area contributed by atoms with Crippen LogP contribution in [0.1, 0.15) is 29.6 Å². The molecule has 0 bridgehead atoms. The van der Waals surface area contributed by atoms with Gasteiger partial charge in [0.25, 0.3) is 17.6 Å². The van der Waals surface area contributed by atoms with E-state index in [1.54, 1.807) is 48.2 Å². The second kappa shape index (κ2) is 11.1. The lowest BCUT2D eigenvalue weighted by Crippen LogP contribution is -2.33. The first-order valence-electron chi connectivity index (χ1n) is 12.9. The molecule has 5 rings (SSSR count). The smallest absolute Gasteiger partial charge is 0.292 e. The van der Waals surface area contributed by atoms with E-state index in [9.17, 15) is 19.2 Å². The third-order valence-electron chi connectivity index (χ3n) is 7.26. The highest BCUT2D eigenvalue weighted by atomic mass is 16.5. The third-order valence-corrected chi connectivity index (χ3v) is 7.26. The number of dihydropyridines is 1. The number of methoxy groups -OCH3 is 2. The molecule has 1 saturated heterocycles. The fourth-order valence-electron chi connectivity index (χ4n) is 5.22. The quantitative estimate of drug-likeness (QED) is 0.393. The summed E-state index contributed by atoms with van der Waals surface area (Å²) in [5.74, 6) is -1.16. The molecule has 1 aliphatic carbocycles. The van der Waals surface area contributed by atoms with Crippen molar-refractivity contribution in [1.82, 2.24) is 14.8 Å². The number of nitrogens with one attached hydrogen (secondary N) is 1. The largest absolute Gasteiger partial charge is 0.500 e. The van der Waals surface area contributed by atoms with Crippen LogP contribution in [0.25, 0.3) is 10.9 Å². The van der Waals surface area contributed by atoms with Crippen LogP contribution in [-0.2, 0) is 30.4 Å². The Kier molecular flexibility index (Phi) is 7.44. The van der Waals surface area contributed by atoms with Crippen molar-refractivity contribution in [2.45, 2.75) is 25.8 Å². The molecule has 0 radical (unpaired) electrons. The van der Waals surface area contributed by atoms with Gasteiger partial charge in [0.2, 0.25) is 5.91 Å². The molecule has 1 aromatic heterocycles. The Morgan fingerprint density at radius 3 is 2.59 bits per heavy atom. The molecular formula is C29H30N4O6. The van der Waals surface area contributed by atoms with Crippen molar-refractivity contribution in [3.63, 3.8) is 0 Å². The number of carbonyl (C=O) groups excluding carboxylic acids is 4. The summed E-state index contributed by atoms with van der Waals surface area (Å²) in [5, 5.41) is 3.24. The molecule has 1 atom stereocenters. The Morgan fingerprint density at radius 2 is 1.85 bits per heavy atom. The fourth-order valence-corrected chi connectivity index (χ4v) is 5.22. The van der Waals surface area contributed by atoms with Crippen molar-refractivity contribution < 1.29 is 28.7 Å². The molecule has 3 aliphatic rings. The summed E-state index contributed by atoms with van der Waals surface area (Å²) in [6, 6.07) is 7.22. The first-order valence-corrected chi connectivity index (χ1v) is 12.9. The summed E-state index contributed by atoms with van der Waals surface area (Å²) in [4.78, 5) is 57.4. The van der Waals surface area contributed by atoms with E-state index in [0.29, 0.717) is 33.7 Å². The lowest BCUT2D eigenvalue weighted by atomic mass is 9.89.